The van der Waals surface area contributed by atoms with Gasteiger partial charge in [0.25, 0.3) is 0 Å². The van der Waals surface area contributed by atoms with Gasteiger partial charge in [-0.15, -0.1) is 5.10 Å². The van der Waals surface area contributed by atoms with Gasteiger partial charge in [0, 0.05) is 24.4 Å². The van der Waals surface area contributed by atoms with Crippen LogP contribution < -0.4 is 4.74 Å². The molecule has 1 amide bonds. The van der Waals surface area contributed by atoms with E-state index in [-0.39, 0.29) is 24.2 Å². The van der Waals surface area contributed by atoms with Crippen molar-refractivity contribution in [2.24, 2.45) is 5.10 Å². The molecule has 0 saturated heterocycles. The molecule has 0 bridgehead atoms. The average Bonchev–Trinajstić information content (AvgIpc) is 2.93. The lowest BCUT2D eigenvalue weighted by Gasteiger charge is -2.31. The maximum absolute atomic E-state index is 13.2. The number of halogens is 2. The molecule has 1 aliphatic heterocycles. The molecule has 1 unspecified atom stereocenters. The van der Waals surface area contributed by atoms with E-state index in [0.717, 1.165) is 5.56 Å². The van der Waals surface area contributed by atoms with Gasteiger partial charge < -0.3 is 9.47 Å². The normalized spacial score (nSPS) is 19.1. The summed E-state index contributed by atoms with van der Waals surface area (Å²) >= 11 is 5.94. The highest BCUT2D eigenvalue weighted by Gasteiger charge is 2.44. The van der Waals surface area contributed by atoms with Crippen LogP contribution in [0.2, 0.25) is 5.02 Å². The van der Waals surface area contributed by atoms with E-state index in [0.29, 0.717) is 16.3 Å². The third-order valence-corrected chi connectivity index (χ3v) is 4.33. The molecule has 0 saturated carbocycles. The lowest BCUT2D eigenvalue weighted by Crippen LogP contribution is -2.41. The number of hydrazone groups is 1. The molecule has 26 heavy (non-hydrogen) atoms. The predicted octanol–water partition coefficient (Wildman–Crippen LogP) is 4.23. The van der Waals surface area contributed by atoms with Gasteiger partial charge in [0.2, 0.25) is 17.5 Å². The van der Waals surface area contributed by atoms with Crippen molar-refractivity contribution in [3.05, 3.63) is 64.4 Å². The largest absolute Gasteiger partial charge is 0.484 e. The van der Waals surface area contributed by atoms with E-state index in [9.17, 15) is 9.18 Å². The van der Waals surface area contributed by atoms with Gasteiger partial charge >= 0.3 is 0 Å². The van der Waals surface area contributed by atoms with E-state index in [1.54, 1.807) is 37.3 Å². The van der Waals surface area contributed by atoms with Gasteiger partial charge in [-0.1, -0.05) is 23.7 Å². The van der Waals surface area contributed by atoms with Crippen LogP contribution in [0.5, 0.6) is 5.75 Å². The Balaban J connectivity index is 1.80. The number of aryl methyl sites for hydroxylation is 1. The van der Waals surface area contributed by atoms with Gasteiger partial charge in [-0.25, -0.2) is 4.39 Å². The standard InChI is InChI=1S/C19H18ClFN2O3/c1-12-10-15(20)6-9-17(12)25-11-18-22-23(13(2)24)19(3,26-18)14-4-7-16(21)8-5-14/h4-10H,11H2,1-3H3. The van der Waals surface area contributed by atoms with E-state index in [4.69, 9.17) is 21.1 Å². The zero-order valence-electron chi connectivity index (χ0n) is 14.6. The van der Waals surface area contributed by atoms with Crippen LogP contribution in [0.1, 0.15) is 25.0 Å². The van der Waals surface area contributed by atoms with E-state index >= 15 is 0 Å². The summed E-state index contributed by atoms with van der Waals surface area (Å²) < 4.78 is 24.9. The second kappa shape index (κ2) is 6.96. The fourth-order valence-electron chi connectivity index (χ4n) is 2.78. The second-order valence-electron chi connectivity index (χ2n) is 6.11. The molecule has 1 heterocycles. The fraction of sp³-hybridized carbons (Fsp3) is 0.263. The zero-order chi connectivity index (χ0) is 18.9. The van der Waals surface area contributed by atoms with Crippen LogP contribution in [-0.2, 0) is 15.3 Å². The van der Waals surface area contributed by atoms with Crippen LogP contribution in [0, 0.1) is 12.7 Å². The number of nitrogens with zero attached hydrogens (tertiary/aromatic N) is 2. The lowest BCUT2D eigenvalue weighted by molar-refractivity contribution is -0.146. The smallest absolute Gasteiger partial charge is 0.247 e. The summed E-state index contributed by atoms with van der Waals surface area (Å²) in [7, 11) is 0. The molecular weight excluding hydrogens is 359 g/mol. The van der Waals surface area contributed by atoms with Crippen LogP contribution in [0.3, 0.4) is 0 Å². The first-order valence-electron chi connectivity index (χ1n) is 8.02. The van der Waals surface area contributed by atoms with Crippen molar-refractivity contribution >= 4 is 23.4 Å². The average molecular weight is 377 g/mol. The Kier molecular flexibility index (Phi) is 4.87. The van der Waals surface area contributed by atoms with Crippen molar-refractivity contribution in [2.45, 2.75) is 26.5 Å². The Morgan fingerprint density at radius 3 is 2.62 bits per heavy atom. The van der Waals surface area contributed by atoms with Crippen molar-refractivity contribution in [1.29, 1.82) is 0 Å². The fourth-order valence-corrected chi connectivity index (χ4v) is 3.01. The van der Waals surface area contributed by atoms with Crippen LogP contribution in [0.4, 0.5) is 4.39 Å². The number of ether oxygens (including phenoxy) is 2. The van der Waals surface area contributed by atoms with Crippen molar-refractivity contribution in [2.75, 3.05) is 6.61 Å². The molecule has 1 atom stereocenters. The third-order valence-electron chi connectivity index (χ3n) is 4.10. The molecular formula is C19H18ClFN2O3. The first-order chi connectivity index (χ1) is 12.3. The topological polar surface area (TPSA) is 51.1 Å². The molecule has 3 rings (SSSR count). The number of carbonyl (C=O) groups excluding carboxylic acids is 1. The van der Waals surface area contributed by atoms with Gasteiger partial charge in [-0.05, 0) is 42.8 Å². The number of hydrogen-bond acceptors (Lipinski definition) is 4. The molecule has 2 aromatic rings. The summed E-state index contributed by atoms with van der Waals surface area (Å²) in [5.41, 5.74) is 0.323. The number of rotatable bonds is 4. The van der Waals surface area contributed by atoms with Crippen molar-refractivity contribution in [3.8, 4) is 5.75 Å². The second-order valence-corrected chi connectivity index (χ2v) is 6.55. The maximum atomic E-state index is 13.2. The monoisotopic (exact) mass is 376 g/mol. The van der Waals surface area contributed by atoms with Gasteiger partial charge in [-0.2, -0.15) is 5.01 Å². The molecule has 0 N–H and O–H groups in total. The Bertz CT molecular complexity index is 870. The number of hydrogen-bond donors (Lipinski definition) is 0. The van der Waals surface area contributed by atoms with Crippen molar-refractivity contribution < 1.29 is 18.7 Å². The van der Waals surface area contributed by atoms with E-state index < -0.39 is 5.72 Å². The van der Waals surface area contributed by atoms with Gasteiger partial charge in [0.1, 0.15) is 11.6 Å². The predicted molar refractivity (Wildman–Crippen MR) is 96.5 cm³/mol. The van der Waals surface area contributed by atoms with Crippen LogP contribution >= 0.6 is 11.6 Å². The first kappa shape index (κ1) is 18.2. The van der Waals surface area contributed by atoms with Crippen LogP contribution in [-0.4, -0.2) is 23.4 Å². The highest BCUT2D eigenvalue weighted by molar-refractivity contribution is 6.30. The summed E-state index contributed by atoms with van der Waals surface area (Å²) in [4.78, 5) is 12.0. The zero-order valence-corrected chi connectivity index (χ0v) is 15.4. The van der Waals surface area contributed by atoms with Crippen LogP contribution in [0.25, 0.3) is 0 Å². The van der Waals surface area contributed by atoms with Crippen molar-refractivity contribution in [1.82, 2.24) is 5.01 Å². The number of carbonyl (C=O) groups is 1. The molecule has 0 fully saturated rings. The minimum Gasteiger partial charge on any atom is -0.484 e. The summed E-state index contributed by atoms with van der Waals surface area (Å²) in [6.45, 7) is 5.01. The third kappa shape index (κ3) is 3.51. The summed E-state index contributed by atoms with van der Waals surface area (Å²) in [5.74, 6) is 0.230. The highest BCUT2D eigenvalue weighted by Crippen LogP contribution is 2.35. The molecule has 2 aromatic carbocycles. The molecule has 136 valence electrons. The molecule has 0 spiro atoms. The molecule has 1 aliphatic rings. The van der Waals surface area contributed by atoms with Gasteiger partial charge in [0.15, 0.2) is 6.61 Å². The Morgan fingerprint density at radius 2 is 2.00 bits per heavy atom. The maximum Gasteiger partial charge on any atom is 0.247 e. The van der Waals surface area contributed by atoms with Crippen LogP contribution in [0.15, 0.2) is 47.6 Å². The Labute approximate surface area is 156 Å². The summed E-state index contributed by atoms with van der Waals surface area (Å²) in [6, 6.07) is 11.0. The van der Waals surface area contributed by atoms with Crippen molar-refractivity contribution in [3.63, 3.8) is 0 Å². The Morgan fingerprint density at radius 1 is 1.31 bits per heavy atom. The Hall–Kier alpha value is -2.60. The number of amides is 1. The molecule has 5 nitrogen and oxygen atoms in total. The summed E-state index contributed by atoms with van der Waals surface area (Å²) in [5, 5.41) is 6.09. The van der Waals surface area contributed by atoms with E-state index in [1.807, 2.05) is 6.92 Å². The van der Waals surface area contributed by atoms with Gasteiger partial charge in [0.05, 0.1) is 0 Å². The van der Waals surface area contributed by atoms with Gasteiger partial charge in [-0.3, -0.25) is 4.79 Å². The molecule has 0 radical (unpaired) electrons. The number of benzene rings is 2. The molecule has 7 heteroatoms. The first-order valence-corrected chi connectivity index (χ1v) is 8.39. The SMILES string of the molecule is CC(=O)N1N=C(COc2ccc(Cl)cc2C)OC1(C)c1ccc(F)cc1. The molecule has 0 aliphatic carbocycles. The van der Waals surface area contributed by atoms with E-state index in [1.165, 1.54) is 24.1 Å². The quantitative estimate of drug-likeness (QED) is 0.802. The minimum absolute atomic E-state index is 0.0447. The highest BCUT2D eigenvalue weighted by atomic mass is 35.5. The minimum atomic E-state index is -1.16. The summed E-state index contributed by atoms with van der Waals surface area (Å²) in [6.07, 6.45) is 0. The lowest BCUT2D eigenvalue weighted by atomic mass is 10.0. The molecule has 0 aromatic heterocycles. The van der Waals surface area contributed by atoms with E-state index in [2.05, 4.69) is 5.10 Å².